The van der Waals surface area contributed by atoms with Crippen LogP contribution in [0.1, 0.15) is 6.92 Å². The van der Waals surface area contributed by atoms with Gasteiger partial charge in [0.15, 0.2) is 0 Å². The summed E-state index contributed by atoms with van der Waals surface area (Å²) >= 11 is 10.4. The molecule has 0 aromatic carbocycles. The van der Waals surface area contributed by atoms with Crippen LogP contribution in [0.25, 0.3) is 0 Å². The molecular weight excluding hydrogens is 288 g/mol. The average molecular weight is 293 g/mol. The highest BCUT2D eigenvalue weighted by Gasteiger charge is 2.57. The second-order valence-electron chi connectivity index (χ2n) is 1.86. The molecule has 2 atom stereocenters. The minimum absolute atomic E-state index is 0.208. The Morgan fingerprint density at radius 1 is 1.43 bits per heavy atom. The minimum Gasteiger partial charge on any atom is -0.0862 e. The van der Waals surface area contributed by atoms with Gasteiger partial charge in [0.1, 0.15) is 0 Å². The lowest BCUT2D eigenvalue weighted by Gasteiger charge is -1.87. The Kier molecular flexibility index (Phi) is 1.60. The first-order valence-electron chi connectivity index (χ1n) is 2.08. The van der Waals surface area contributed by atoms with E-state index >= 15 is 0 Å². The third-order valence-electron chi connectivity index (χ3n) is 1.30. The molecule has 0 bridgehead atoms. The van der Waals surface area contributed by atoms with Crippen molar-refractivity contribution < 1.29 is 0 Å². The number of hydrogen-bond acceptors (Lipinski definition) is 0. The topological polar surface area (TPSA) is 0 Å². The Morgan fingerprint density at radius 3 is 1.57 bits per heavy atom. The highest BCUT2D eigenvalue weighted by Crippen LogP contribution is 2.60. The van der Waals surface area contributed by atoms with Gasteiger partial charge in [0, 0.05) is 4.83 Å². The van der Waals surface area contributed by atoms with Gasteiger partial charge in [-0.2, -0.15) is 0 Å². The average Bonchev–Trinajstić information content (AvgIpc) is 1.91. The van der Waals surface area contributed by atoms with E-state index in [9.17, 15) is 0 Å². The van der Waals surface area contributed by atoms with Crippen molar-refractivity contribution in [3.63, 3.8) is 0 Å². The lowest BCUT2D eigenvalue weighted by atomic mass is 10.5. The second kappa shape index (κ2) is 1.71. The molecular formula is C4H5Br3. The van der Waals surface area contributed by atoms with Crippen LogP contribution in [0.2, 0.25) is 0 Å². The molecule has 0 nitrogen and oxygen atoms in total. The van der Waals surface area contributed by atoms with E-state index in [1.165, 1.54) is 0 Å². The summed E-state index contributed by atoms with van der Waals surface area (Å²) < 4.78 is 0.208. The van der Waals surface area contributed by atoms with Gasteiger partial charge in [0.2, 0.25) is 0 Å². The normalized spacial score (nSPS) is 46.3. The van der Waals surface area contributed by atoms with Gasteiger partial charge >= 0.3 is 0 Å². The SMILES string of the molecule is CC1C(Br)C1(Br)Br. The molecule has 0 aromatic rings. The molecule has 1 fully saturated rings. The standard InChI is InChI=1S/C4H5Br3/c1-2-3(5)4(2,6)7/h2-3H,1H3. The van der Waals surface area contributed by atoms with E-state index < -0.39 is 0 Å². The third-order valence-corrected chi connectivity index (χ3v) is 6.48. The first kappa shape index (κ1) is 6.56. The smallest absolute Gasteiger partial charge is 0.0862 e. The van der Waals surface area contributed by atoms with Crippen LogP contribution >= 0.6 is 47.8 Å². The fourth-order valence-corrected chi connectivity index (χ4v) is 2.88. The molecule has 0 aromatic heterocycles. The molecule has 3 heteroatoms. The van der Waals surface area contributed by atoms with Crippen LogP contribution in [-0.4, -0.2) is 8.06 Å². The van der Waals surface area contributed by atoms with E-state index in [0.29, 0.717) is 10.7 Å². The summed E-state index contributed by atoms with van der Waals surface area (Å²) in [5.41, 5.74) is 0. The summed E-state index contributed by atoms with van der Waals surface area (Å²) in [5, 5.41) is 0. The van der Waals surface area contributed by atoms with E-state index in [2.05, 4.69) is 54.7 Å². The van der Waals surface area contributed by atoms with Crippen molar-refractivity contribution in [1.29, 1.82) is 0 Å². The van der Waals surface area contributed by atoms with Crippen molar-refractivity contribution in [2.75, 3.05) is 0 Å². The first-order chi connectivity index (χ1) is 3.07. The summed E-state index contributed by atoms with van der Waals surface area (Å²) in [7, 11) is 0. The molecule has 0 saturated heterocycles. The van der Waals surface area contributed by atoms with Crippen LogP contribution in [0.4, 0.5) is 0 Å². The van der Waals surface area contributed by atoms with Gasteiger partial charge in [0.25, 0.3) is 0 Å². The predicted octanol–water partition coefficient (Wildman–Crippen LogP) is 2.89. The van der Waals surface area contributed by atoms with Crippen LogP contribution in [-0.2, 0) is 0 Å². The molecule has 1 aliphatic carbocycles. The van der Waals surface area contributed by atoms with Crippen LogP contribution < -0.4 is 0 Å². The Bertz CT molecular complexity index is 78.9. The van der Waals surface area contributed by atoms with Crippen molar-refractivity contribution >= 4 is 47.8 Å². The fraction of sp³-hybridized carbons (Fsp3) is 1.00. The Labute approximate surface area is 68.4 Å². The van der Waals surface area contributed by atoms with Crippen molar-refractivity contribution in [3.05, 3.63) is 0 Å². The minimum atomic E-state index is 0.208. The van der Waals surface area contributed by atoms with Gasteiger partial charge < -0.3 is 0 Å². The fourth-order valence-electron chi connectivity index (χ4n) is 0.432. The van der Waals surface area contributed by atoms with Gasteiger partial charge in [-0.15, -0.1) is 0 Å². The Morgan fingerprint density at radius 2 is 1.57 bits per heavy atom. The van der Waals surface area contributed by atoms with Gasteiger partial charge in [-0.05, 0) is 5.92 Å². The van der Waals surface area contributed by atoms with Crippen molar-refractivity contribution in [2.24, 2.45) is 5.92 Å². The molecule has 0 aliphatic heterocycles. The zero-order chi connectivity index (χ0) is 5.65. The third kappa shape index (κ3) is 0.924. The molecule has 0 amide bonds. The maximum Gasteiger partial charge on any atom is 0.0969 e. The van der Waals surface area contributed by atoms with Crippen molar-refractivity contribution in [2.45, 2.75) is 15.0 Å². The summed E-state index contributed by atoms with van der Waals surface area (Å²) in [6.45, 7) is 2.18. The lowest BCUT2D eigenvalue weighted by Crippen LogP contribution is -1.83. The molecule has 7 heavy (non-hydrogen) atoms. The number of rotatable bonds is 0. The van der Waals surface area contributed by atoms with Gasteiger partial charge in [-0.25, -0.2) is 0 Å². The first-order valence-corrected chi connectivity index (χ1v) is 4.59. The summed E-state index contributed by atoms with van der Waals surface area (Å²) in [4.78, 5) is 0.611. The van der Waals surface area contributed by atoms with Crippen LogP contribution in [0.3, 0.4) is 0 Å². The highest BCUT2D eigenvalue weighted by molar-refractivity contribution is 9.26. The molecule has 42 valence electrons. The van der Waals surface area contributed by atoms with E-state index in [4.69, 9.17) is 0 Å². The van der Waals surface area contributed by atoms with Gasteiger partial charge in [-0.1, -0.05) is 54.7 Å². The largest absolute Gasteiger partial charge is 0.0969 e. The maximum absolute atomic E-state index is 3.49. The van der Waals surface area contributed by atoms with E-state index in [1.807, 2.05) is 0 Å². The summed E-state index contributed by atoms with van der Waals surface area (Å²) in [5.74, 6) is 0.715. The van der Waals surface area contributed by atoms with Crippen molar-refractivity contribution in [1.82, 2.24) is 0 Å². The van der Waals surface area contributed by atoms with Gasteiger partial charge in [0.05, 0.1) is 3.23 Å². The zero-order valence-electron chi connectivity index (χ0n) is 3.79. The maximum atomic E-state index is 3.49. The molecule has 0 heterocycles. The van der Waals surface area contributed by atoms with E-state index in [-0.39, 0.29) is 3.23 Å². The lowest BCUT2D eigenvalue weighted by molar-refractivity contribution is 0.988. The molecule has 0 N–H and O–H groups in total. The van der Waals surface area contributed by atoms with Crippen LogP contribution in [0, 0.1) is 5.92 Å². The number of halogens is 3. The van der Waals surface area contributed by atoms with E-state index in [1.54, 1.807) is 0 Å². The van der Waals surface area contributed by atoms with Crippen LogP contribution in [0.15, 0.2) is 0 Å². The van der Waals surface area contributed by atoms with Crippen LogP contribution in [0.5, 0.6) is 0 Å². The summed E-state index contributed by atoms with van der Waals surface area (Å²) in [6.07, 6.45) is 0. The second-order valence-corrected chi connectivity index (χ2v) is 6.54. The van der Waals surface area contributed by atoms with E-state index in [0.717, 1.165) is 0 Å². The predicted molar refractivity (Wildman–Crippen MR) is 42.5 cm³/mol. The molecule has 1 saturated carbocycles. The molecule has 1 aliphatic rings. The highest BCUT2D eigenvalue weighted by atomic mass is 79.9. The quantitative estimate of drug-likeness (QED) is 0.602. The molecule has 1 rings (SSSR count). The number of alkyl halides is 3. The molecule has 0 spiro atoms. The molecule has 2 unspecified atom stereocenters. The Balaban J connectivity index is 2.52. The molecule has 0 radical (unpaired) electrons. The monoisotopic (exact) mass is 290 g/mol. The van der Waals surface area contributed by atoms with Crippen molar-refractivity contribution in [3.8, 4) is 0 Å². The Hall–Kier alpha value is 1.44. The zero-order valence-corrected chi connectivity index (χ0v) is 8.55. The van der Waals surface area contributed by atoms with Gasteiger partial charge in [-0.3, -0.25) is 0 Å². The summed E-state index contributed by atoms with van der Waals surface area (Å²) in [6, 6.07) is 0. The number of hydrogen-bond donors (Lipinski definition) is 0.